The highest BCUT2D eigenvalue weighted by atomic mass is 16.5. The van der Waals surface area contributed by atoms with Crippen molar-refractivity contribution in [1.29, 1.82) is 0 Å². The maximum atomic E-state index is 5.92. The van der Waals surface area contributed by atoms with Gasteiger partial charge in [-0.1, -0.05) is 43.9 Å². The highest BCUT2D eigenvalue weighted by Crippen LogP contribution is 2.16. The smallest absolute Gasteiger partial charge is 0.188 e. The molecule has 0 amide bonds. The molecule has 0 aromatic heterocycles. The summed E-state index contributed by atoms with van der Waals surface area (Å²) >= 11 is 0. The van der Waals surface area contributed by atoms with Crippen molar-refractivity contribution in [3.05, 3.63) is 30.3 Å². The molecule has 20 heavy (non-hydrogen) atoms. The summed E-state index contributed by atoms with van der Waals surface area (Å²) < 4.78 is 5.58. The lowest BCUT2D eigenvalue weighted by Gasteiger charge is -2.16. The Morgan fingerprint density at radius 2 is 1.85 bits per heavy atom. The molecule has 110 valence electrons. The van der Waals surface area contributed by atoms with Crippen molar-refractivity contribution in [3.8, 4) is 5.75 Å². The molecule has 3 N–H and O–H groups in total. The number of nitrogens with two attached hydrogens (primary N) is 1. The van der Waals surface area contributed by atoms with Crippen molar-refractivity contribution in [1.82, 2.24) is 5.32 Å². The number of ether oxygens (including phenoxy) is 1. The number of hydrogen-bond donors (Lipinski definition) is 2. The van der Waals surface area contributed by atoms with Gasteiger partial charge in [-0.05, 0) is 25.0 Å². The molecule has 0 aliphatic heterocycles. The first kappa shape index (κ1) is 14.7. The first-order chi connectivity index (χ1) is 9.84. The van der Waals surface area contributed by atoms with E-state index in [-0.39, 0.29) is 0 Å². The van der Waals surface area contributed by atoms with Gasteiger partial charge in [-0.3, -0.25) is 0 Å². The first-order valence-corrected chi connectivity index (χ1v) is 7.59. The van der Waals surface area contributed by atoms with Gasteiger partial charge < -0.3 is 15.8 Å². The van der Waals surface area contributed by atoms with E-state index in [4.69, 9.17) is 10.5 Å². The third kappa shape index (κ3) is 5.51. The van der Waals surface area contributed by atoms with Crippen molar-refractivity contribution < 1.29 is 4.74 Å². The fourth-order valence-electron chi connectivity index (χ4n) is 2.52. The molecule has 2 rings (SSSR count). The van der Waals surface area contributed by atoms with Crippen LogP contribution in [-0.4, -0.2) is 25.2 Å². The van der Waals surface area contributed by atoms with Gasteiger partial charge in [-0.25, -0.2) is 4.99 Å². The molecule has 4 heteroatoms. The fourth-order valence-corrected chi connectivity index (χ4v) is 2.52. The third-order valence-corrected chi connectivity index (χ3v) is 3.59. The molecule has 0 bridgehead atoms. The van der Waals surface area contributed by atoms with E-state index in [1.807, 2.05) is 30.3 Å². The second-order valence-corrected chi connectivity index (χ2v) is 5.26. The molecule has 0 unspecified atom stereocenters. The lowest BCUT2D eigenvalue weighted by atomic mass is 10.1. The van der Waals surface area contributed by atoms with E-state index >= 15 is 0 Å². The number of benzene rings is 1. The van der Waals surface area contributed by atoms with Crippen molar-refractivity contribution in [2.75, 3.05) is 13.2 Å². The Hall–Kier alpha value is -1.71. The molecule has 0 radical (unpaired) electrons. The van der Waals surface area contributed by atoms with Crippen molar-refractivity contribution >= 4 is 5.96 Å². The lowest BCUT2D eigenvalue weighted by Crippen LogP contribution is -2.40. The summed E-state index contributed by atoms with van der Waals surface area (Å²) in [6, 6.07) is 10.3. The number of para-hydroxylation sites is 1. The normalized spacial score (nSPS) is 17.5. The minimum Gasteiger partial charge on any atom is -0.492 e. The quantitative estimate of drug-likeness (QED) is 0.376. The summed E-state index contributed by atoms with van der Waals surface area (Å²) in [5.41, 5.74) is 5.92. The zero-order chi connectivity index (χ0) is 14.0. The lowest BCUT2D eigenvalue weighted by molar-refractivity contribution is 0.328. The van der Waals surface area contributed by atoms with Gasteiger partial charge in [0.05, 0.1) is 6.54 Å². The van der Waals surface area contributed by atoms with Gasteiger partial charge in [0.1, 0.15) is 12.4 Å². The SMILES string of the molecule is NC(=NCCOc1ccccc1)NC1CCCCCC1. The molecule has 1 aliphatic carbocycles. The minimum atomic E-state index is 0.497. The van der Waals surface area contributed by atoms with E-state index in [0.29, 0.717) is 25.2 Å². The van der Waals surface area contributed by atoms with Gasteiger partial charge in [-0.15, -0.1) is 0 Å². The third-order valence-electron chi connectivity index (χ3n) is 3.59. The number of rotatable bonds is 5. The first-order valence-electron chi connectivity index (χ1n) is 7.59. The van der Waals surface area contributed by atoms with E-state index in [0.717, 1.165) is 5.75 Å². The second-order valence-electron chi connectivity index (χ2n) is 5.26. The van der Waals surface area contributed by atoms with Crippen LogP contribution < -0.4 is 15.8 Å². The predicted octanol–water partition coefficient (Wildman–Crippen LogP) is 2.69. The van der Waals surface area contributed by atoms with Crippen LogP contribution in [0.15, 0.2) is 35.3 Å². The average molecular weight is 275 g/mol. The topological polar surface area (TPSA) is 59.6 Å². The molecule has 1 saturated carbocycles. The second kappa shape index (κ2) is 8.46. The van der Waals surface area contributed by atoms with Crippen LogP contribution >= 0.6 is 0 Å². The molecule has 1 aromatic carbocycles. The van der Waals surface area contributed by atoms with Crippen molar-refractivity contribution in [2.45, 2.75) is 44.6 Å². The summed E-state index contributed by atoms with van der Waals surface area (Å²) in [6.45, 7) is 1.14. The average Bonchev–Trinajstić information content (AvgIpc) is 2.73. The number of nitrogens with zero attached hydrogens (tertiary/aromatic N) is 1. The summed E-state index contributed by atoms with van der Waals surface area (Å²) in [5.74, 6) is 1.42. The van der Waals surface area contributed by atoms with Crippen LogP contribution in [0, 0.1) is 0 Å². The van der Waals surface area contributed by atoms with Gasteiger partial charge in [0.2, 0.25) is 0 Å². The zero-order valence-electron chi connectivity index (χ0n) is 12.1. The van der Waals surface area contributed by atoms with Crippen molar-refractivity contribution in [3.63, 3.8) is 0 Å². The molecule has 1 aliphatic rings. The Bertz CT molecular complexity index is 397. The predicted molar refractivity (Wildman–Crippen MR) is 83.1 cm³/mol. The number of aliphatic imine (C=N–C) groups is 1. The highest BCUT2D eigenvalue weighted by Gasteiger charge is 2.11. The standard InChI is InChI=1S/C16H25N3O/c17-16(19-14-8-4-1-2-5-9-14)18-12-13-20-15-10-6-3-7-11-15/h3,6-7,10-11,14H,1-2,4-5,8-9,12-13H2,(H3,17,18,19). The van der Waals surface area contributed by atoms with Gasteiger partial charge >= 0.3 is 0 Å². The van der Waals surface area contributed by atoms with E-state index < -0.39 is 0 Å². The fraction of sp³-hybridized carbons (Fsp3) is 0.562. The molecule has 0 atom stereocenters. The van der Waals surface area contributed by atoms with Crippen LogP contribution in [0.25, 0.3) is 0 Å². The van der Waals surface area contributed by atoms with E-state index in [9.17, 15) is 0 Å². The largest absolute Gasteiger partial charge is 0.492 e. The summed E-state index contributed by atoms with van der Waals surface area (Å²) in [5, 5.41) is 3.33. The monoisotopic (exact) mass is 275 g/mol. The van der Waals surface area contributed by atoms with Crippen LogP contribution in [-0.2, 0) is 0 Å². The molecule has 0 spiro atoms. The summed E-state index contributed by atoms with van der Waals surface area (Å²) in [6.07, 6.45) is 7.69. The van der Waals surface area contributed by atoms with Crippen LogP contribution in [0.4, 0.5) is 0 Å². The van der Waals surface area contributed by atoms with E-state index in [1.54, 1.807) is 0 Å². The van der Waals surface area contributed by atoms with Crippen molar-refractivity contribution in [2.24, 2.45) is 10.7 Å². The number of hydrogen-bond acceptors (Lipinski definition) is 2. The van der Waals surface area contributed by atoms with Gasteiger partial charge in [0.15, 0.2) is 5.96 Å². The van der Waals surface area contributed by atoms with E-state index in [2.05, 4.69) is 10.3 Å². The Labute approximate surface area is 121 Å². The molecule has 0 heterocycles. The minimum absolute atomic E-state index is 0.497. The van der Waals surface area contributed by atoms with Crippen LogP contribution in [0.1, 0.15) is 38.5 Å². The molecule has 1 aromatic rings. The molecular weight excluding hydrogens is 250 g/mol. The maximum absolute atomic E-state index is 5.92. The van der Waals surface area contributed by atoms with Crippen LogP contribution in [0.2, 0.25) is 0 Å². The number of guanidine groups is 1. The highest BCUT2D eigenvalue weighted by molar-refractivity contribution is 5.78. The van der Waals surface area contributed by atoms with Gasteiger partial charge in [0.25, 0.3) is 0 Å². The van der Waals surface area contributed by atoms with Crippen LogP contribution in [0.5, 0.6) is 5.75 Å². The molecule has 0 saturated heterocycles. The summed E-state index contributed by atoms with van der Waals surface area (Å²) in [4.78, 5) is 4.32. The Morgan fingerprint density at radius 1 is 1.15 bits per heavy atom. The Morgan fingerprint density at radius 3 is 2.55 bits per heavy atom. The Balaban J connectivity index is 1.65. The summed E-state index contributed by atoms with van der Waals surface area (Å²) in [7, 11) is 0. The Kier molecular flexibility index (Phi) is 6.21. The van der Waals surface area contributed by atoms with Gasteiger partial charge in [0, 0.05) is 6.04 Å². The van der Waals surface area contributed by atoms with E-state index in [1.165, 1.54) is 38.5 Å². The van der Waals surface area contributed by atoms with Gasteiger partial charge in [-0.2, -0.15) is 0 Å². The van der Waals surface area contributed by atoms with Crippen LogP contribution in [0.3, 0.4) is 0 Å². The maximum Gasteiger partial charge on any atom is 0.188 e. The molecular formula is C16H25N3O. The molecule has 1 fully saturated rings. The molecule has 4 nitrogen and oxygen atoms in total. The zero-order valence-corrected chi connectivity index (χ0v) is 12.1. The number of nitrogens with one attached hydrogen (secondary N) is 1.